The summed E-state index contributed by atoms with van der Waals surface area (Å²) in [5.74, 6) is 1.63. The highest BCUT2D eigenvalue weighted by Gasteiger charge is 2.34. The van der Waals surface area contributed by atoms with Crippen molar-refractivity contribution in [2.24, 2.45) is 11.7 Å². The maximum atomic E-state index is 12.4. The third kappa shape index (κ3) is 4.08. The zero-order valence-electron chi connectivity index (χ0n) is 18.1. The number of nitrogens with one attached hydrogen (secondary N) is 2. The second kappa shape index (κ2) is 9.04. The minimum atomic E-state index is -0.455. The second-order valence-corrected chi connectivity index (χ2v) is 8.55. The molecule has 7 heteroatoms. The van der Waals surface area contributed by atoms with Crippen LogP contribution in [0.3, 0.4) is 0 Å². The van der Waals surface area contributed by atoms with E-state index in [-0.39, 0.29) is 6.04 Å². The van der Waals surface area contributed by atoms with Gasteiger partial charge in [-0.05, 0) is 68.1 Å². The molecule has 32 heavy (non-hydrogen) atoms. The number of carbonyl (C=O) groups is 1. The first kappa shape index (κ1) is 20.6. The Bertz CT molecular complexity index is 1070. The second-order valence-electron chi connectivity index (χ2n) is 8.55. The number of aromatic nitrogens is 2. The van der Waals surface area contributed by atoms with Crippen LogP contribution in [0.1, 0.15) is 41.2 Å². The van der Waals surface area contributed by atoms with Crippen LogP contribution in [0.2, 0.25) is 0 Å². The van der Waals surface area contributed by atoms with Crippen molar-refractivity contribution in [1.82, 2.24) is 15.1 Å². The maximum Gasteiger partial charge on any atom is 0.254 e. The van der Waals surface area contributed by atoms with E-state index in [1.807, 2.05) is 59.3 Å². The summed E-state index contributed by atoms with van der Waals surface area (Å²) in [4.78, 5) is 12.4. The van der Waals surface area contributed by atoms with E-state index >= 15 is 0 Å². The summed E-state index contributed by atoms with van der Waals surface area (Å²) >= 11 is 0. The number of hydrogen-bond donors (Lipinski definition) is 3. The first-order chi connectivity index (χ1) is 15.7. The van der Waals surface area contributed by atoms with Gasteiger partial charge < -0.3 is 21.1 Å². The molecule has 1 amide bonds. The monoisotopic (exact) mass is 431 g/mol. The molecule has 0 unspecified atom stereocenters. The smallest absolute Gasteiger partial charge is 0.254 e. The Balaban J connectivity index is 1.42. The van der Waals surface area contributed by atoms with Crippen molar-refractivity contribution >= 4 is 11.7 Å². The fourth-order valence-electron chi connectivity index (χ4n) is 4.85. The van der Waals surface area contributed by atoms with E-state index in [9.17, 15) is 4.79 Å². The molecule has 3 aromatic rings. The van der Waals surface area contributed by atoms with Crippen molar-refractivity contribution < 1.29 is 9.53 Å². The van der Waals surface area contributed by atoms with Crippen molar-refractivity contribution in [2.45, 2.75) is 31.9 Å². The number of piperidine rings is 1. The molecule has 1 saturated heterocycles. The lowest BCUT2D eigenvalue weighted by molar-refractivity contribution is 0.100. The summed E-state index contributed by atoms with van der Waals surface area (Å²) in [5, 5.41) is 11.7. The molecule has 0 saturated carbocycles. The number of amides is 1. The fourth-order valence-corrected chi connectivity index (χ4v) is 4.85. The van der Waals surface area contributed by atoms with Crippen LogP contribution in [0.25, 0.3) is 11.3 Å². The van der Waals surface area contributed by atoms with Gasteiger partial charge in [-0.2, -0.15) is 5.10 Å². The van der Waals surface area contributed by atoms with Gasteiger partial charge in [0.05, 0.1) is 6.04 Å². The van der Waals surface area contributed by atoms with Gasteiger partial charge in [0.2, 0.25) is 0 Å². The lowest BCUT2D eigenvalue weighted by Crippen LogP contribution is -2.36. The zero-order valence-corrected chi connectivity index (χ0v) is 18.1. The predicted molar refractivity (Wildman–Crippen MR) is 125 cm³/mol. The number of hydrogen-bond acceptors (Lipinski definition) is 5. The van der Waals surface area contributed by atoms with Crippen molar-refractivity contribution in [3.8, 4) is 17.0 Å². The molecule has 3 heterocycles. The van der Waals surface area contributed by atoms with Gasteiger partial charge in [-0.25, -0.2) is 4.68 Å². The quantitative estimate of drug-likeness (QED) is 0.555. The molecule has 7 nitrogen and oxygen atoms in total. The Morgan fingerprint density at radius 3 is 2.50 bits per heavy atom. The van der Waals surface area contributed by atoms with Crippen LogP contribution < -0.4 is 21.1 Å². The summed E-state index contributed by atoms with van der Waals surface area (Å²) in [6, 6.07) is 18.1. The Morgan fingerprint density at radius 1 is 1.03 bits per heavy atom. The summed E-state index contributed by atoms with van der Waals surface area (Å²) in [6.45, 7) is 3.40. The number of nitrogens with zero attached hydrogens (tertiary/aromatic N) is 2. The summed E-state index contributed by atoms with van der Waals surface area (Å²) < 4.78 is 7.93. The van der Waals surface area contributed by atoms with Crippen molar-refractivity contribution in [2.75, 3.05) is 25.0 Å². The average molecular weight is 432 g/mol. The Labute approximate surface area is 188 Å². The van der Waals surface area contributed by atoms with Crippen molar-refractivity contribution in [1.29, 1.82) is 0 Å². The van der Waals surface area contributed by atoms with Crippen molar-refractivity contribution in [3.63, 3.8) is 0 Å². The third-order valence-electron chi connectivity index (χ3n) is 6.51. The minimum Gasteiger partial charge on any atom is -0.489 e. The number of carbonyl (C=O) groups excluding carboxylic acids is 1. The van der Waals surface area contributed by atoms with Gasteiger partial charge in [-0.15, -0.1) is 0 Å². The van der Waals surface area contributed by atoms with Crippen LogP contribution in [0.4, 0.5) is 5.82 Å². The van der Waals surface area contributed by atoms with E-state index in [1.54, 1.807) is 0 Å². The van der Waals surface area contributed by atoms with Gasteiger partial charge in [-0.3, -0.25) is 4.79 Å². The standard InChI is InChI=1S/C25H29N5O2/c26-24(31)22-23(19-6-8-20(9-7-19)32-16-17-4-2-1-3-5-17)29-30-21(12-15-28-25(22)30)18-10-13-27-14-11-18/h1-9,18,21,27-28H,10-16H2,(H2,26,31)/t21-/m0/s1. The van der Waals surface area contributed by atoms with Gasteiger partial charge >= 0.3 is 0 Å². The molecule has 0 spiro atoms. The SMILES string of the molecule is NC(=O)c1c(-c2ccc(OCc3ccccc3)cc2)nn2c1NCC[C@H]2C1CCNCC1. The highest BCUT2D eigenvalue weighted by Crippen LogP contribution is 2.39. The van der Waals surface area contributed by atoms with E-state index in [2.05, 4.69) is 10.6 Å². The molecule has 2 aliphatic heterocycles. The van der Waals surface area contributed by atoms with Crippen molar-refractivity contribution in [3.05, 3.63) is 65.7 Å². The Morgan fingerprint density at radius 2 is 1.78 bits per heavy atom. The van der Waals surface area contributed by atoms with Gasteiger partial charge in [0.1, 0.15) is 29.4 Å². The number of nitrogens with two attached hydrogens (primary N) is 1. The molecule has 0 bridgehead atoms. The lowest BCUT2D eigenvalue weighted by atomic mass is 9.87. The van der Waals surface area contributed by atoms with Gasteiger partial charge in [0, 0.05) is 12.1 Å². The minimum absolute atomic E-state index is 0.286. The number of fused-ring (bicyclic) bond motifs is 1. The predicted octanol–water partition coefficient (Wildman–Crippen LogP) is 3.58. The first-order valence-corrected chi connectivity index (χ1v) is 11.3. The summed E-state index contributed by atoms with van der Waals surface area (Å²) in [6.07, 6.45) is 3.25. The van der Waals surface area contributed by atoms with Crippen LogP contribution in [-0.2, 0) is 6.61 Å². The topological polar surface area (TPSA) is 94.2 Å². The lowest BCUT2D eigenvalue weighted by Gasteiger charge is -2.34. The molecular weight excluding hydrogens is 402 g/mol. The highest BCUT2D eigenvalue weighted by atomic mass is 16.5. The fraction of sp³-hybridized carbons (Fsp3) is 0.360. The average Bonchev–Trinajstić information content (AvgIpc) is 3.24. The van der Waals surface area contributed by atoms with E-state index in [0.29, 0.717) is 23.8 Å². The number of anilines is 1. The molecule has 1 aromatic heterocycles. The number of benzene rings is 2. The molecule has 5 rings (SSSR count). The van der Waals surface area contributed by atoms with E-state index in [4.69, 9.17) is 15.6 Å². The highest BCUT2D eigenvalue weighted by molar-refractivity contribution is 6.03. The van der Waals surface area contributed by atoms with Crippen LogP contribution >= 0.6 is 0 Å². The normalized spacial score (nSPS) is 18.6. The Hall–Kier alpha value is -3.32. The number of primary amides is 1. The molecule has 166 valence electrons. The van der Waals surface area contributed by atoms with Crippen LogP contribution in [-0.4, -0.2) is 35.3 Å². The van der Waals surface area contributed by atoms with Gasteiger partial charge in [0.25, 0.3) is 5.91 Å². The third-order valence-corrected chi connectivity index (χ3v) is 6.51. The molecule has 1 atom stereocenters. The zero-order chi connectivity index (χ0) is 21.9. The largest absolute Gasteiger partial charge is 0.489 e. The molecular formula is C25H29N5O2. The number of rotatable bonds is 6. The van der Waals surface area contributed by atoms with E-state index in [0.717, 1.165) is 61.6 Å². The number of ether oxygens (including phenoxy) is 1. The van der Waals surface area contributed by atoms with Gasteiger partial charge in [0.15, 0.2) is 0 Å². The molecule has 4 N–H and O–H groups in total. The summed E-state index contributed by atoms with van der Waals surface area (Å²) in [5.41, 5.74) is 8.90. The van der Waals surface area contributed by atoms with Gasteiger partial charge in [-0.1, -0.05) is 30.3 Å². The summed E-state index contributed by atoms with van der Waals surface area (Å²) in [7, 11) is 0. The molecule has 0 radical (unpaired) electrons. The molecule has 2 aromatic carbocycles. The van der Waals surface area contributed by atoms with E-state index < -0.39 is 5.91 Å². The van der Waals surface area contributed by atoms with Crippen LogP contribution in [0.15, 0.2) is 54.6 Å². The molecule has 1 fully saturated rings. The Kier molecular flexibility index (Phi) is 5.81. The molecule has 0 aliphatic carbocycles. The maximum absolute atomic E-state index is 12.4. The van der Waals surface area contributed by atoms with Crippen LogP contribution in [0.5, 0.6) is 5.75 Å². The molecule has 2 aliphatic rings. The van der Waals surface area contributed by atoms with E-state index in [1.165, 1.54) is 0 Å². The first-order valence-electron chi connectivity index (χ1n) is 11.3. The van der Waals surface area contributed by atoms with Crippen LogP contribution in [0, 0.1) is 5.92 Å².